The Kier molecular flexibility index (Phi) is 5.71. The van der Waals surface area contributed by atoms with Crippen molar-refractivity contribution in [2.24, 2.45) is 5.10 Å². The van der Waals surface area contributed by atoms with Crippen molar-refractivity contribution in [3.8, 4) is 18.1 Å². The number of para-hydroxylation sites is 2. The molecule has 5 nitrogen and oxygen atoms in total. The Balaban J connectivity index is 1.80. The minimum atomic E-state index is -0.144. The van der Waals surface area contributed by atoms with Gasteiger partial charge in [0.05, 0.1) is 17.1 Å². The van der Waals surface area contributed by atoms with Crippen molar-refractivity contribution in [1.29, 1.82) is 0 Å². The van der Waals surface area contributed by atoms with E-state index in [0.29, 0.717) is 11.1 Å². The monoisotopic (exact) mass is 385 g/mol. The second kappa shape index (κ2) is 8.74. The molecule has 1 heterocycles. The van der Waals surface area contributed by atoms with Crippen LogP contribution in [-0.4, -0.2) is 22.5 Å². The fourth-order valence-corrected chi connectivity index (χ4v) is 3.84. The Labute approximate surface area is 170 Å². The van der Waals surface area contributed by atoms with Crippen LogP contribution in [0.1, 0.15) is 49.4 Å². The lowest BCUT2D eigenvalue weighted by Gasteiger charge is -2.22. The van der Waals surface area contributed by atoms with Gasteiger partial charge in [-0.3, -0.25) is 4.79 Å². The van der Waals surface area contributed by atoms with E-state index in [-0.39, 0.29) is 18.1 Å². The van der Waals surface area contributed by atoms with Gasteiger partial charge >= 0.3 is 0 Å². The summed E-state index contributed by atoms with van der Waals surface area (Å²) < 4.78 is 7.06. The lowest BCUT2D eigenvalue weighted by atomic mass is 9.88. The van der Waals surface area contributed by atoms with Gasteiger partial charge in [0.1, 0.15) is 18.2 Å². The van der Waals surface area contributed by atoms with Crippen LogP contribution in [0.2, 0.25) is 0 Å². The lowest BCUT2D eigenvalue weighted by Crippen LogP contribution is -2.25. The van der Waals surface area contributed by atoms with Crippen LogP contribution in [0.3, 0.4) is 0 Å². The largest absolute Gasteiger partial charge is 0.480 e. The lowest BCUT2D eigenvalue weighted by molar-refractivity contribution is 0.370. The highest BCUT2D eigenvalue weighted by Gasteiger charge is 2.22. The summed E-state index contributed by atoms with van der Waals surface area (Å²) >= 11 is 0. The number of rotatable bonds is 5. The van der Waals surface area contributed by atoms with Gasteiger partial charge in [0.15, 0.2) is 0 Å². The van der Waals surface area contributed by atoms with Crippen LogP contribution >= 0.6 is 0 Å². The van der Waals surface area contributed by atoms with Gasteiger partial charge in [-0.1, -0.05) is 49.4 Å². The van der Waals surface area contributed by atoms with Gasteiger partial charge < -0.3 is 4.74 Å². The van der Waals surface area contributed by atoms with Crippen molar-refractivity contribution in [1.82, 2.24) is 9.66 Å². The number of benzene rings is 2. The summed E-state index contributed by atoms with van der Waals surface area (Å²) in [5, 5.41) is 5.13. The third-order valence-corrected chi connectivity index (χ3v) is 5.29. The van der Waals surface area contributed by atoms with E-state index in [2.05, 4.69) is 11.0 Å². The van der Waals surface area contributed by atoms with Crippen LogP contribution < -0.4 is 10.3 Å². The molecule has 1 saturated carbocycles. The van der Waals surface area contributed by atoms with Gasteiger partial charge in [0, 0.05) is 11.5 Å². The van der Waals surface area contributed by atoms with Crippen LogP contribution in [0.25, 0.3) is 10.9 Å². The summed E-state index contributed by atoms with van der Waals surface area (Å²) in [5.74, 6) is 4.09. The maximum atomic E-state index is 13.2. The Morgan fingerprint density at radius 3 is 2.72 bits per heavy atom. The maximum absolute atomic E-state index is 13.2. The molecule has 1 aliphatic rings. The summed E-state index contributed by atoms with van der Waals surface area (Å²) in [5.41, 5.74) is 1.34. The standard InChI is InChI=1S/C24H23N3O2/c1-2-16-29-22-15-9-6-12-19(22)17-25-27-23(18-10-4-3-5-11-18)26-21-14-8-7-13-20(21)24(27)28/h1,6-9,12-15,17-18H,3-5,10-11,16H2. The van der Waals surface area contributed by atoms with Gasteiger partial charge in [0.2, 0.25) is 0 Å². The van der Waals surface area contributed by atoms with Gasteiger partial charge in [-0.25, -0.2) is 4.98 Å². The van der Waals surface area contributed by atoms with Crippen molar-refractivity contribution in [3.63, 3.8) is 0 Å². The van der Waals surface area contributed by atoms with Crippen LogP contribution in [0.4, 0.5) is 0 Å². The van der Waals surface area contributed by atoms with Crippen molar-refractivity contribution in [2.45, 2.75) is 38.0 Å². The quantitative estimate of drug-likeness (QED) is 0.485. The average Bonchev–Trinajstić information content (AvgIpc) is 2.78. The Morgan fingerprint density at radius 1 is 1.14 bits per heavy atom. The normalized spacial score (nSPS) is 14.9. The van der Waals surface area contributed by atoms with Crippen molar-refractivity contribution < 1.29 is 4.74 Å². The number of aromatic nitrogens is 2. The average molecular weight is 385 g/mol. The third-order valence-electron chi connectivity index (χ3n) is 5.29. The molecule has 1 aliphatic carbocycles. The van der Waals surface area contributed by atoms with Crippen LogP contribution in [0.15, 0.2) is 58.4 Å². The van der Waals surface area contributed by atoms with Gasteiger partial charge in [-0.15, -0.1) is 6.42 Å². The van der Waals surface area contributed by atoms with E-state index in [1.807, 2.05) is 42.5 Å². The molecule has 0 atom stereocenters. The summed E-state index contributed by atoms with van der Waals surface area (Å²) in [6, 6.07) is 14.9. The first-order valence-electron chi connectivity index (χ1n) is 9.99. The minimum Gasteiger partial charge on any atom is -0.480 e. The minimum absolute atomic E-state index is 0.144. The van der Waals surface area contributed by atoms with E-state index in [0.717, 1.165) is 42.6 Å². The highest BCUT2D eigenvalue weighted by atomic mass is 16.5. The van der Waals surface area contributed by atoms with E-state index < -0.39 is 0 Å². The van der Waals surface area contributed by atoms with Gasteiger partial charge in [0.25, 0.3) is 5.56 Å². The zero-order chi connectivity index (χ0) is 20.1. The topological polar surface area (TPSA) is 56.5 Å². The smallest absolute Gasteiger partial charge is 0.282 e. The molecule has 0 amide bonds. The van der Waals surface area contributed by atoms with E-state index in [9.17, 15) is 4.79 Å². The van der Waals surface area contributed by atoms with Crippen molar-refractivity contribution >= 4 is 17.1 Å². The second-order valence-electron chi connectivity index (χ2n) is 7.21. The molecule has 29 heavy (non-hydrogen) atoms. The predicted octanol–water partition coefficient (Wildman–Crippen LogP) is 4.34. The molecule has 3 aromatic rings. The summed E-state index contributed by atoms with van der Waals surface area (Å²) in [6.07, 6.45) is 12.6. The molecule has 146 valence electrons. The first kappa shape index (κ1) is 18.9. The number of terminal acetylenes is 1. The van der Waals surface area contributed by atoms with Gasteiger partial charge in [-0.05, 0) is 37.1 Å². The predicted molar refractivity (Wildman–Crippen MR) is 116 cm³/mol. The molecule has 0 saturated heterocycles. The van der Waals surface area contributed by atoms with Crippen LogP contribution in [0, 0.1) is 12.3 Å². The van der Waals surface area contributed by atoms with Crippen LogP contribution in [0.5, 0.6) is 5.75 Å². The van der Waals surface area contributed by atoms with E-state index in [1.54, 1.807) is 12.3 Å². The Bertz CT molecular complexity index is 1130. The molecular weight excluding hydrogens is 362 g/mol. The fraction of sp³-hybridized carbons (Fsp3) is 0.292. The highest BCUT2D eigenvalue weighted by Crippen LogP contribution is 2.31. The molecule has 0 N–H and O–H groups in total. The first-order valence-corrected chi connectivity index (χ1v) is 9.99. The summed E-state index contributed by atoms with van der Waals surface area (Å²) in [4.78, 5) is 18.1. The SMILES string of the molecule is C#CCOc1ccccc1C=Nn1c(C2CCCCC2)nc2ccccc2c1=O. The Morgan fingerprint density at radius 2 is 1.90 bits per heavy atom. The second-order valence-corrected chi connectivity index (χ2v) is 7.21. The van der Waals surface area contributed by atoms with E-state index >= 15 is 0 Å². The number of hydrogen-bond acceptors (Lipinski definition) is 4. The maximum Gasteiger partial charge on any atom is 0.282 e. The Hall–Kier alpha value is -3.39. The molecule has 1 aromatic heterocycles. The fourth-order valence-electron chi connectivity index (χ4n) is 3.84. The number of nitrogens with zero attached hydrogens (tertiary/aromatic N) is 3. The molecule has 5 heteroatoms. The zero-order valence-corrected chi connectivity index (χ0v) is 16.3. The molecule has 0 spiro atoms. The first-order chi connectivity index (χ1) is 14.3. The number of ether oxygens (including phenoxy) is 1. The van der Waals surface area contributed by atoms with Crippen molar-refractivity contribution in [3.05, 3.63) is 70.3 Å². The van der Waals surface area contributed by atoms with Crippen molar-refractivity contribution in [2.75, 3.05) is 6.61 Å². The third kappa shape index (κ3) is 4.07. The molecule has 1 fully saturated rings. The molecule has 2 aromatic carbocycles. The number of fused-ring (bicyclic) bond motifs is 1. The summed E-state index contributed by atoms with van der Waals surface area (Å²) in [6.45, 7) is 0.176. The zero-order valence-electron chi connectivity index (χ0n) is 16.3. The molecule has 0 unspecified atom stereocenters. The summed E-state index contributed by atoms with van der Waals surface area (Å²) in [7, 11) is 0. The highest BCUT2D eigenvalue weighted by molar-refractivity contribution is 5.83. The molecule has 0 aliphatic heterocycles. The van der Waals surface area contributed by atoms with E-state index in [4.69, 9.17) is 16.1 Å². The molecule has 0 bridgehead atoms. The van der Waals surface area contributed by atoms with Gasteiger partial charge in [-0.2, -0.15) is 9.78 Å². The molecule has 0 radical (unpaired) electrons. The number of hydrogen-bond donors (Lipinski definition) is 0. The molecular formula is C24H23N3O2. The van der Waals surface area contributed by atoms with E-state index in [1.165, 1.54) is 11.1 Å². The van der Waals surface area contributed by atoms with Crippen LogP contribution in [-0.2, 0) is 0 Å². The molecule has 4 rings (SSSR count).